The van der Waals surface area contributed by atoms with Gasteiger partial charge in [-0.2, -0.15) is 0 Å². The van der Waals surface area contributed by atoms with Crippen LogP contribution in [0.2, 0.25) is 0 Å². The molecule has 0 aromatic rings. The van der Waals surface area contributed by atoms with Gasteiger partial charge in [-0.25, -0.2) is 0 Å². The maximum Gasteiger partial charge on any atom is 0.244 e. The van der Waals surface area contributed by atoms with Crippen LogP contribution in [0.5, 0.6) is 0 Å². The molecule has 0 aromatic heterocycles. The van der Waals surface area contributed by atoms with Gasteiger partial charge >= 0.3 is 0 Å². The Morgan fingerprint density at radius 3 is 2.33 bits per heavy atom. The lowest BCUT2D eigenvalue weighted by Crippen LogP contribution is -2.14. The second-order valence-corrected chi connectivity index (χ2v) is 2.84. The number of nitrogens with zero attached hydrogens (tertiary/aromatic N) is 1. The summed E-state index contributed by atoms with van der Waals surface area (Å²) in [5, 5.41) is 0. The highest BCUT2D eigenvalue weighted by Gasteiger charge is 1.95. The standard InChI is InChI=1S/C8H16N2O.ClH/c1-7(8(9)11)5-4-6-10(2)3;/h5H,4,6H2,1-3H3,(H2,9,11);1H. The molecular weight excluding hydrogens is 176 g/mol. The molecule has 0 saturated carbocycles. The van der Waals surface area contributed by atoms with Gasteiger partial charge in [0.15, 0.2) is 0 Å². The lowest BCUT2D eigenvalue weighted by molar-refractivity contribution is -0.114. The monoisotopic (exact) mass is 192 g/mol. The van der Waals surface area contributed by atoms with Crippen molar-refractivity contribution in [2.24, 2.45) is 5.73 Å². The van der Waals surface area contributed by atoms with Crippen molar-refractivity contribution in [3.05, 3.63) is 11.6 Å². The average Bonchev–Trinajstić information content (AvgIpc) is 1.86. The minimum absolute atomic E-state index is 0. The summed E-state index contributed by atoms with van der Waals surface area (Å²) in [6, 6.07) is 0. The van der Waals surface area contributed by atoms with Gasteiger partial charge in [0.1, 0.15) is 0 Å². The number of hydrogen-bond donors (Lipinski definition) is 1. The van der Waals surface area contributed by atoms with Crippen molar-refractivity contribution < 1.29 is 4.79 Å². The molecule has 0 rings (SSSR count). The molecule has 0 spiro atoms. The zero-order valence-corrected chi connectivity index (χ0v) is 8.65. The zero-order chi connectivity index (χ0) is 8.85. The van der Waals surface area contributed by atoms with Crippen LogP contribution in [0.3, 0.4) is 0 Å². The van der Waals surface area contributed by atoms with Gasteiger partial charge in [0.2, 0.25) is 5.91 Å². The Labute approximate surface area is 80.0 Å². The van der Waals surface area contributed by atoms with Crippen LogP contribution in [0.1, 0.15) is 13.3 Å². The Morgan fingerprint density at radius 2 is 2.00 bits per heavy atom. The predicted molar refractivity (Wildman–Crippen MR) is 53.4 cm³/mol. The minimum Gasteiger partial charge on any atom is -0.366 e. The topological polar surface area (TPSA) is 46.3 Å². The smallest absolute Gasteiger partial charge is 0.244 e. The van der Waals surface area contributed by atoms with E-state index < -0.39 is 0 Å². The number of nitrogens with two attached hydrogens (primary N) is 1. The number of amides is 1. The fourth-order valence-corrected chi connectivity index (χ4v) is 0.640. The molecule has 0 unspecified atom stereocenters. The molecule has 0 bridgehead atoms. The lowest BCUT2D eigenvalue weighted by atomic mass is 10.2. The predicted octanol–water partition coefficient (Wildman–Crippen LogP) is 0.791. The lowest BCUT2D eigenvalue weighted by Gasteiger charge is -2.06. The van der Waals surface area contributed by atoms with E-state index in [1.165, 1.54) is 0 Å². The SMILES string of the molecule is CC(=CCCN(C)C)C(N)=O.Cl. The molecule has 12 heavy (non-hydrogen) atoms. The normalized spacial score (nSPS) is 11.2. The summed E-state index contributed by atoms with van der Waals surface area (Å²) in [5.41, 5.74) is 5.68. The Hall–Kier alpha value is -0.540. The molecular formula is C8H17ClN2O. The molecule has 0 aromatic carbocycles. The molecule has 0 atom stereocenters. The third kappa shape index (κ3) is 7.57. The van der Waals surface area contributed by atoms with Crippen molar-refractivity contribution in [1.29, 1.82) is 0 Å². The first kappa shape index (κ1) is 14.0. The van der Waals surface area contributed by atoms with E-state index in [0.717, 1.165) is 13.0 Å². The van der Waals surface area contributed by atoms with Crippen LogP contribution in [0.15, 0.2) is 11.6 Å². The fourth-order valence-electron chi connectivity index (χ4n) is 0.640. The number of hydrogen-bond acceptors (Lipinski definition) is 2. The van der Waals surface area contributed by atoms with E-state index in [2.05, 4.69) is 4.90 Å². The van der Waals surface area contributed by atoms with E-state index in [4.69, 9.17) is 5.73 Å². The molecule has 72 valence electrons. The largest absolute Gasteiger partial charge is 0.366 e. The number of halogens is 1. The van der Waals surface area contributed by atoms with E-state index in [1.54, 1.807) is 6.92 Å². The number of primary amides is 1. The van der Waals surface area contributed by atoms with Gasteiger partial charge in [0.05, 0.1) is 0 Å². The first-order valence-electron chi connectivity index (χ1n) is 3.65. The van der Waals surface area contributed by atoms with Crippen molar-refractivity contribution in [3.63, 3.8) is 0 Å². The van der Waals surface area contributed by atoms with E-state index >= 15 is 0 Å². The van der Waals surface area contributed by atoms with E-state index in [1.807, 2.05) is 20.2 Å². The Kier molecular flexibility index (Phi) is 8.32. The molecule has 0 aliphatic heterocycles. The van der Waals surface area contributed by atoms with E-state index in [9.17, 15) is 4.79 Å². The van der Waals surface area contributed by atoms with Crippen LogP contribution in [-0.2, 0) is 4.79 Å². The molecule has 0 saturated heterocycles. The highest BCUT2D eigenvalue weighted by atomic mass is 35.5. The summed E-state index contributed by atoms with van der Waals surface area (Å²) in [6.07, 6.45) is 2.74. The van der Waals surface area contributed by atoms with Gasteiger partial charge in [-0.3, -0.25) is 4.79 Å². The van der Waals surface area contributed by atoms with Crippen LogP contribution >= 0.6 is 12.4 Å². The Morgan fingerprint density at radius 1 is 1.50 bits per heavy atom. The molecule has 0 heterocycles. The third-order valence-corrected chi connectivity index (χ3v) is 1.42. The second kappa shape index (κ2) is 7.13. The van der Waals surface area contributed by atoms with Crippen molar-refractivity contribution in [2.75, 3.05) is 20.6 Å². The first-order chi connectivity index (χ1) is 5.04. The third-order valence-electron chi connectivity index (χ3n) is 1.42. The molecule has 0 aliphatic rings. The summed E-state index contributed by atoms with van der Waals surface area (Å²) in [7, 11) is 3.99. The molecule has 4 heteroatoms. The van der Waals surface area contributed by atoms with Gasteiger partial charge in [-0.15, -0.1) is 12.4 Å². The Bertz CT molecular complexity index is 166. The maximum atomic E-state index is 10.5. The van der Waals surface area contributed by atoms with Crippen LogP contribution in [-0.4, -0.2) is 31.4 Å². The Balaban J connectivity index is 0. The van der Waals surface area contributed by atoms with Gasteiger partial charge in [-0.05, 0) is 27.4 Å². The summed E-state index contributed by atoms with van der Waals surface area (Å²) in [4.78, 5) is 12.6. The average molecular weight is 193 g/mol. The molecule has 1 amide bonds. The summed E-state index contributed by atoms with van der Waals surface area (Å²) < 4.78 is 0. The minimum atomic E-state index is -0.330. The second-order valence-electron chi connectivity index (χ2n) is 2.84. The van der Waals surface area contributed by atoms with E-state index in [0.29, 0.717) is 5.57 Å². The molecule has 3 nitrogen and oxygen atoms in total. The highest BCUT2D eigenvalue weighted by Crippen LogP contribution is 1.94. The highest BCUT2D eigenvalue weighted by molar-refractivity contribution is 5.91. The van der Waals surface area contributed by atoms with Crippen molar-refractivity contribution in [1.82, 2.24) is 4.90 Å². The van der Waals surface area contributed by atoms with Crippen molar-refractivity contribution in [3.8, 4) is 0 Å². The van der Waals surface area contributed by atoms with Gasteiger partial charge < -0.3 is 10.6 Å². The van der Waals surface area contributed by atoms with Crippen molar-refractivity contribution >= 4 is 18.3 Å². The molecule has 0 aliphatic carbocycles. The van der Waals surface area contributed by atoms with Gasteiger partial charge in [-0.1, -0.05) is 6.08 Å². The molecule has 2 N–H and O–H groups in total. The first-order valence-corrected chi connectivity index (χ1v) is 3.65. The summed E-state index contributed by atoms with van der Waals surface area (Å²) in [6.45, 7) is 2.68. The quantitative estimate of drug-likeness (QED) is 0.670. The summed E-state index contributed by atoms with van der Waals surface area (Å²) >= 11 is 0. The van der Waals surface area contributed by atoms with Gasteiger partial charge in [0, 0.05) is 12.1 Å². The van der Waals surface area contributed by atoms with E-state index in [-0.39, 0.29) is 18.3 Å². The number of carbonyl (C=O) groups excluding carboxylic acids is 1. The molecule has 0 fully saturated rings. The van der Waals surface area contributed by atoms with Crippen LogP contribution < -0.4 is 5.73 Å². The van der Waals surface area contributed by atoms with Crippen LogP contribution in [0.25, 0.3) is 0 Å². The number of carbonyl (C=O) groups is 1. The zero-order valence-electron chi connectivity index (χ0n) is 7.83. The fraction of sp³-hybridized carbons (Fsp3) is 0.625. The van der Waals surface area contributed by atoms with Gasteiger partial charge in [0.25, 0.3) is 0 Å². The summed E-state index contributed by atoms with van der Waals surface area (Å²) in [5.74, 6) is -0.330. The van der Waals surface area contributed by atoms with Crippen LogP contribution in [0.4, 0.5) is 0 Å². The number of rotatable bonds is 4. The maximum absolute atomic E-state index is 10.5. The van der Waals surface area contributed by atoms with Crippen molar-refractivity contribution in [2.45, 2.75) is 13.3 Å². The molecule has 0 radical (unpaired) electrons. The van der Waals surface area contributed by atoms with Crippen LogP contribution in [0, 0.1) is 0 Å².